The molecule has 2 amide bonds. The highest BCUT2D eigenvalue weighted by molar-refractivity contribution is 5.94. The summed E-state index contributed by atoms with van der Waals surface area (Å²) in [5, 5.41) is 0. The average Bonchev–Trinajstić information content (AvgIpc) is 2.69. The van der Waals surface area contributed by atoms with Gasteiger partial charge in [0.25, 0.3) is 5.91 Å². The molecule has 5 nitrogen and oxygen atoms in total. The molecule has 1 aromatic carbocycles. The van der Waals surface area contributed by atoms with Gasteiger partial charge in [-0.2, -0.15) is 0 Å². The number of nitrogens with zero attached hydrogens (tertiary/aromatic N) is 2. The van der Waals surface area contributed by atoms with E-state index in [2.05, 4.69) is 6.92 Å². The molecule has 5 heteroatoms. The zero-order valence-corrected chi connectivity index (χ0v) is 16.0. The SMILES string of the molecule is CCc1ccc(C(=O)N2CCC3(CCC(=O)N(CCOC)C3)CC2)cc1. The third-order valence-electron chi connectivity index (χ3n) is 6.03. The Kier molecular flexibility index (Phi) is 5.97. The number of benzene rings is 1. The van der Waals surface area contributed by atoms with E-state index in [0.717, 1.165) is 50.9 Å². The molecule has 0 saturated carbocycles. The lowest BCUT2D eigenvalue weighted by molar-refractivity contribution is -0.139. The van der Waals surface area contributed by atoms with Gasteiger partial charge in [0.1, 0.15) is 0 Å². The van der Waals surface area contributed by atoms with Crippen molar-refractivity contribution in [1.82, 2.24) is 9.80 Å². The van der Waals surface area contributed by atoms with Gasteiger partial charge in [-0.15, -0.1) is 0 Å². The standard InChI is InChI=1S/C21H30N2O3/c1-3-17-4-6-18(7-5-17)20(25)22-12-10-21(11-13-22)9-8-19(24)23(16-21)14-15-26-2/h4-7H,3,8-16H2,1-2H3. The number of likely N-dealkylation sites (tertiary alicyclic amines) is 2. The van der Waals surface area contributed by atoms with E-state index in [1.165, 1.54) is 5.56 Å². The molecule has 2 fully saturated rings. The van der Waals surface area contributed by atoms with Gasteiger partial charge in [-0.1, -0.05) is 19.1 Å². The fourth-order valence-corrected chi connectivity index (χ4v) is 4.17. The number of hydrogen-bond acceptors (Lipinski definition) is 3. The van der Waals surface area contributed by atoms with Gasteiger partial charge in [-0.05, 0) is 48.8 Å². The summed E-state index contributed by atoms with van der Waals surface area (Å²) in [6, 6.07) is 7.97. The van der Waals surface area contributed by atoms with Crippen LogP contribution in [0.25, 0.3) is 0 Å². The molecular formula is C21H30N2O3. The molecule has 0 atom stereocenters. The molecule has 0 bridgehead atoms. The van der Waals surface area contributed by atoms with Crippen LogP contribution in [0.2, 0.25) is 0 Å². The molecule has 0 N–H and O–H groups in total. The Balaban J connectivity index is 1.59. The molecule has 2 aliphatic rings. The van der Waals surface area contributed by atoms with Crippen LogP contribution < -0.4 is 0 Å². The highest BCUT2D eigenvalue weighted by Gasteiger charge is 2.41. The lowest BCUT2D eigenvalue weighted by Crippen LogP contribution is -2.52. The first-order valence-corrected chi connectivity index (χ1v) is 9.72. The first kappa shape index (κ1) is 18.9. The molecule has 2 saturated heterocycles. The highest BCUT2D eigenvalue weighted by atomic mass is 16.5. The number of ether oxygens (including phenoxy) is 1. The Hall–Kier alpha value is -1.88. The topological polar surface area (TPSA) is 49.9 Å². The molecule has 26 heavy (non-hydrogen) atoms. The molecular weight excluding hydrogens is 328 g/mol. The molecule has 3 rings (SSSR count). The van der Waals surface area contributed by atoms with E-state index in [9.17, 15) is 9.59 Å². The van der Waals surface area contributed by atoms with Gasteiger partial charge in [0, 0.05) is 45.3 Å². The zero-order valence-electron chi connectivity index (χ0n) is 16.0. The quantitative estimate of drug-likeness (QED) is 0.813. The van der Waals surface area contributed by atoms with E-state index in [0.29, 0.717) is 19.6 Å². The molecule has 1 aromatic rings. The van der Waals surface area contributed by atoms with Crippen molar-refractivity contribution < 1.29 is 14.3 Å². The minimum Gasteiger partial charge on any atom is -0.383 e. The van der Waals surface area contributed by atoms with Crippen LogP contribution in [-0.2, 0) is 16.0 Å². The monoisotopic (exact) mass is 358 g/mol. The predicted octanol–water partition coefficient (Wildman–Crippen LogP) is 2.74. The summed E-state index contributed by atoms with van der Waals surface area (Å²) in [5.74, 6) is 0.368. The van der Waals surface area contributed by atoms with Gasteiger partial charge in [0.15, 0.2) is 0 Å². The maximum atomic E-state index is 12.8. The lowest BCUT2D eigenvalue weighted by atomic mass is 9.72. The Morgan fingerprint density at radius 1 is 1.15 bits per heavy atom. The number of amides is 2. The summed E-state index contributed by atoms with van der Waals surface area (Å²) in [4.78, 5) is 28.8. The number of carbonyl (C=O) groups is 2. The maximum absolute atomic E-state index is 12.8. The van der Waals surface area contributed by atoms with Gasteiger partial charge >= 0.3 is 0 Å². The van der Waals surface area contributed by atoms with Crippen molar-refractivity contribution in [1.29, 1.82) is 0 Å². The molecule has 0 aliphatic carbocycles. The summed E-state index contributed by atoms with van der Waals surface area (Å²) in [5.41, 5.74) is 2.20. The van der Waals surface area contributed by atoms with Crippen LogP contribution in [0, 0.1) is 5.41 Å². The number of carbonyl (C=O) groups excluding carboxylic acids is 2. The fourth-order valence-electron chi connectivity index (χ4n) is 4.17. The van der Waals surface area contributed by atoms with Crippen molar-refractivity contribution in [2.75, 3.05) is 39.9 Å². The van der Waals surface area contributed by atoms with Crippen LogP contribution in [0.5, 0.6) is 0 Å². The second kappa shape index (κ2) is 8.21. The summed E-state index contributed by atoms with van der Waals surface area (Å²) >= 11 is 0. The lowest BCUT2D eigenvalue weighted by Gasteiger charge is -2.47. The molecule has 0 aromatic heterocycles. The largest absolute Gasteiger partial charge is 0.383 e. The van der Waals surface area contributed by atoms with Crippen LogP contribution in [0.3, 0.4) is 0 Å². The van der Waals surface area contributed by atoms with Crippen LogP contribution in [0.15, 0.2) is 24.3 Å². The minimum absolute atomic E-state index is 0.130. The van der Waals surface area contributed by atoms with Crippen molar-refractivity contribution in [2.24, 2.45) is 5.41 Å². The summed E-state index contributed by atoms with van der Waals surface area (Å²) < 4.78 is 5.14. The van der Waals surface area contributed by atoms with E-state index in [4.69, 9.17) is 4.74 Å². The van der Waals surface area contributed by atoms with E-state index >= 15 is 0 Å². The molecule has 142 valence electrons. The van der Waals surface area contributed by atoms with Crippen LogP contribution in [-0.4, -0.2) is 61.5 Å². The first-order chi connectivity index (χ1) is 12.6. The van der Waals surface area contributed by atoms with Gasteiger partial charge in [-0.3, -0.25) is 9.59 Å². The van der Waals surface area contributed by atoms with E-state index in [1.54, 1.807) is 7.11 Å². The third kappa shape index (κ3) is 4.09. The summed E-state index contributed by atoms with van der Waals surface area (Å²) in [6.45, 7) is 5.74. The fraction of sp³-hybridized carbons (Fsp3) is 0.619. The number of methoxy groups -OCH3 is 1. The number of piperidine rings is 2. The molecule has 0 unspecified atom stereocenters. The van der Waals surface area contributed by atoms with Gasteiger partial charge in [-0.25, -0.2) is 0 Å². The maximum Gasteiger partial charge on any atom is 0.253 e. The van der Waals surface area contributed by atoms with E-state index < -0.39 is 0 Å². The second-order valence-corrected chi connectivity index (χ2v) is 7.65. The second-order valence-electron chi connectivity index (χ2n) is 7.65. The van der Waals surface area contributed by atoms with Crippen molar-refractivity contribution in [3.05, 3.63) is 35.4 Å². The Morgan fingerprint density at radius 3 is 2.46 bits per heavy atom. The molecule has 2 aliphatic heterocycles. The third-order valence-corrected chi connectivity index (χ3v) is 6.03. The molecule has 0 radical (unpaired) electrons. The smallest absolute Gasteiger partial charge is 0.253 e. The average molecular weight is 358 g/mol. The Labute approximate surface area is 156 Å². The summed E-state index contributed by atoms with van der Waals surface area (Å²) in [6.07, 6.45) is 4.50. The number of aryl methyl sites for hydroxylation is 1. The predicted molar refractivity (Wildman–Crippen MR) is 101 cm³/mol. The van der Waals surface area contributed by atoms with Crippen molar-refractivity contribution in [3.8, 4) is 0 Å². The molecule has 2 heterocycles. The summed E-state index contributed by atoms with van der Waals surface area (Å²) in [7, 11) is 1.67. The van der Waals surface area contributed by atoms with Crippen molar-refractivity contribution in [3.63, 3.8) is 0 Å². The van der Waals surface area contributed by atoms with Gasteiger partial charge in [0.2, 0.25) is 5.91 Å². The zero-order chi connectivity index (χ0) is 18.6. The van der Waals surface area contributed by atoms with Crippen LogP contribution >= 0.6 is 0 Å². The van der Waals surface area contributed by atoms with Crippen molar-refractivity contribution in [2.45, 2.75) is 39.0 Å². The number of hydrogen-bond donors (Lipinski definition) is 0. The minimum atomic E-state index is 0.130. The van der Waals surface area contributed by atoms with Crippen LogP contribution in [0.1, 0.15) is 48.5 Å². The van der Waals surface area contributed by atoms with E-state index in [1.807, 2.05) is 34.1 Å². The van der Waals surface area contributed by atoms with E-state index in [-0.39, 0.29) is 17.2 Å². The van der Waals surface area contributed by atoms with Crippen LogP contribution in [0.4, 0.5) is 0 Å². The Bertz CT molecular complexity index is 633. The highest BCUT2D eigenvalue weighted by Crippen LogP contribution is 2.40. The van der Waals surface area contributed by atoms with Gasteiger partial charge < -0.3 is 14.5 Å². The number of rotatable bonds is 5. The first-order valence-electron chi connectivity index (χ1n) is 9.72. The van der Waals surface area contributed by atoms with Crippen molar-refractivity contribution >= 4 is 11.8 Å². The Morgan fingerprint density at radius 2 is 1.85 bits per heavy atom. The molecule has 1 spiro atoms. The van der Waals surface area contributed by atoms with Gasteiger partial charge in [0.05, 0.1) is 6.61 Å². The normalized spacial score (nSPS) is 19.8.